The van der Waals surface area contributed by atoms with Crippen molar-refractivity contribution < 1.29 is 19.1 Å². The van der Waals surface area contributed by atoms with Crippen LogP contribution in [0.4, 0.5) is 0 Å². The summed E-state index contributed by atoms with van der Waals surface area (Å²) in [6, 6.07) is 14.3. The predicted octanol–water partition coefficient (Wildman–Crippen LogP) is 7.00. The number of nitrogens with two attached hydrogens (primary N) is 2. The lowest BCUT2D eigenvalue weighted by molar-refractivity contribution is -0.137. The van der Waals surface area contributed by atoms with Gasteiger partial charge in [-0.3, -0.25) is 19.4 Å². The van der Waals surface area contributed by atoms with Crippen LogP contribution in [0, 0.1) is 12.8 Å². The van der Waals surface area contributed by atoms with E-state index in [0.29, 0.717) is 48.4 Å². The SMILES string of the molecule is Cc1sc(C2CCCCC2)nc1CC(=O)N1C[C@H](OCc2ccc(Cl)cc2)C[C@H]1C(=O)C[C@@H](CCCN=C(N)N)C(=O)c1nc2ccccc2s1. The second-order valence-electron chi connectivity index (χ2n) is 13.6. The minimum absolute atomic E-state index is 0.0221. The number of aromatic nitrogens is 2. The van der Waals surface area contributed by atoms with Crippen LogP contribution in [0.2, 0.25) is 5.02 Å². The number of ketones is 2. The number of guanidine groups is 1. The molecule has 3 atom stereocenters. The first-order chi connectivity index (χ1) is 24.6. The van der Waals surface area contributed by atoms with Crippen LogP contribution in [-0.4, -0.2) is 63.5 Å². The smallest absolute Gasteiger partial charge is 0.229 e. The fourth-order valence-electron chi connectivity index (χ4n) is 7.08. The molecule has 1 amide bonds. The molecule has 0 bridgehead atoms. The predicted molar refractivity (Wildman–Crippen MR) is 204 cm³/mol. The quantitative estimate of drug-likeness (QED) is 0.0570. The molecule has 4 aromatic rings. The van der Waals surface area contributed by atoms with E-state index in [1.54, 1.807) is 16.2 Å². The molecule has 1 aliphatic heterocycles. The van der Waals surface area contributed by atoms with Crippen molar-refractivity contribution in [3.63, 3.8) is 0 Å². The summed E-state index contributed by atoms with van der Waals surface area (Å²) in [4.78, 5) is 58.7. The Bertz CT molecular complexity index is 1830. The van der Waals surface area contributed by atoms with Crippen molar-refractivity contribution in [1.29, 1.82) is 0 Å². The molecule has 1 aliphatic carbocycles. The number of nitrogens with zero attached hydrogens (tertiary/aromatic N) is 4. The van der Waals surface area contributed by atoms with Crippen LogP contribution in [-0.2, 0) is 27.4 Å². The molecular formula is C38H45ClN6O4S2. The maximum Gasteiger partial charge on any atom is 0.229 e. The first kappa shape index (κ1) is 37.1. The Labute approximate surface area is 311 Å². The van der Waals surface area contributed by atoms with Gasteiger partial charge in [-0.1, -0.05) is 55.1 Å². The molecule has 0 radical (unpaired) electrons. The van der Waals surface area contributed by atoms with E-state index in [1.807, 2.05) is 55.5 Å². The monoisotopic (exact) mass is 748 g/mol. The molecule has 2 fully saturated rings. The highest BCUT2D eigenvalue weighted by atomic mass is 35.5. The summed E-state index contributed by atoms with van der Waals surface area (Å²) in [5.41, 5.74) is 13.5. The summed E-state index contributed by atoms with van der Waals surface area (Å²) in [7, 11) is 0. The van der Waals surface area contributed by atoms with E-state index in [-0.39, 0.29) is 48.9 Å². The summed E-state index contributed by atoms with van der Waals surface area (Å²) < 4.78 is 7.19. The molecule has 2 aromatic heterocycles. The highest BCUT2D eigenvalue weighted by molar-refractivity contribution is 7.20. The number of hydrogen-bond donors (Lipinski definition) is 2. The molecule has 2 aromatic carbocycles. The standard InChI is InChI=1S/C38H45ClN6O4S2/c1-23-30(44-36(50-23)25-8-3-2-4-9-25)20-34(47)45-21-28(49-22-24-13-15-27(39)16-14-24)19-31(45)32(46)18-26(10-7-17-42-38(40)41)35(48)37-43-29-11-5-6-12-33(29)51-37/h5-6,11-16,25-26,28,31H,2-4,7-10,17-22H2,1H3,(H4,40,41,42)/t26-,28-,31+/m1/s1. The number of halogens is 1. The Kier molecular flexibility index (Phi) is 12.5. The second-order valence-corrected chi connectivity index (χ2v) is 16.3. The van der Waals surface area contributed by atoms with Gasteiger partial charge in [-0.05, 0) is 62.4 Å². The summed E-state index contributed by atoms with van der Waals surface area (Å²) >= 11 is 9.09. The maximum atomic E-state index is 14.3. The van der Waals surface area contributed by atoms with Gasteiger partial charge in [0.05, 0.1) is 46.1 Å². The zero-order valence-corrected chi connectivity index (χ0v) is 31.3. The Balaban J connectivity index is 1.20. The minimum Gasteiger partial charge on any atom is -0.372 e. The molecule has 2 aliphatic rings. The molecule has 4 N–H and O–H groups in total. The average Bonchev–Trinajstić information content (AvgIpc) is 3.86. The topological polar surface area (TPSA) is 154 Å². The van der Waals surface area contributed by atoms with Crippen molar-refractivity contribution in [2.45, 2.75) is 95.8 Å². The zero-order chi connectivity index (χ0) is 35.9. The third kappa shape index (κ3) is 9.59. The Morgan fingerprint density at radius 1 is 1.04 bits per heavy atom. The van der Waals surface area contributed by atoms with Gasteiger partial charge in [-0.15, -0.1) is 22.7 Å². The molecule has 13 heteroatoms. The van der Waals surface area contributed by atoms with E-state index in [2.05, 4.69) is 9.98 Å². The average molecular weight is 749 g/mol. The van der Waals surface area contributed by atoms with Gasteiger partial charge in [0.2, 0.25) is 5.91 Å². The summed E-state index contributed by atoms with van der Waals surface area (Å²) in [6.45, 7) is 2.97. The van der Waals surface area contributed by atoms with E-state index < -0.39 is 12.0 Å². The lowest BCUT2D eigenvalue weighted by Crippen LogP contribution is -2.42. The van der Waals surface area contributed by atoms with Gasteiger partial charge in [-0.2, -0.15) is 0 Å². The van der Waals surface area contributed by atoms with E-state index in [1.165, 1.54) is 30.6 Å². The van der Waals surface area contributed by atoms with E-state index in [4.69, 9.17) is 32.8 Å². The highest BCUT2D eigenvalue weighted by Gasteiger charge is 2.41. The number of Topliss-reactive ketones (excluding diaryl/α,β-unsaturated/α-hetero) is 2. The van der Waals surface area contributed by atoms with Gasteiger partial charge in [0, 0.05) is 47.7 Å². The number of ether oxygens (including phenoxy) is 1. The lowest BCUT2D eigenvalue weighted by atomic mass is 9.89. The second kappa shape index (κ2) is 17.2. The Hall–Kier alpha value is -3.71. The minimum atomic E-state index is -0.729. The number of fused-ring (bicyclic) bond motifs is 1. The number of carbonyl (C=O) groups is 3. The molecule has 6 rings (SSSR count). The number of likely N-dealkylation sites (tertiary alicyclic amines) is 1. The Morgan fingerprint density at radius 3 is 2.55 bits per heavy atom. The molecule has 0 unspecified atom stereocenters. The molecule has 10 nitrogen and oxygen atoms in total. The van der Waals surface area contributed by atoms with Gasteiger partial charge in [0.1, 0.15) is 0 Å². The Morgan fingerprint density at radius 2 is 1.80 bits per heavy atom. The van der Waals surface area contributed by atoms with Gasteiger partial charge < -0.3 is 21.1 Å². The van der Waals surface area contributed by atoms with Crippen LogP contribution in [0.15, 0.2) is 53.5 Å². The maximum absolute atomic E-state index is 14.3. The van der Waals surface area contributed by atoms with Crippen LogP contribution in [0.3, 0.4) is 0 Å². The van der Waals surface area contributed by atoms with Crippen molar-refractivity contribution >= 4 is 67.9 Å². The van der Waals surface area contributed by atoms with Crippen LogP contribution in [0.5, 0.6) is 0 Å². The number of carbonyl (C=O) groups excluding carboxylic acids is 3. The third-order valence-corrected chi connectivity index (χ3v) is 12.3. The third-order valence-electron chi connectivity index (χ3n) is 9.86. The van der Waals surface area contributed by atoms with Crippen LogP contribution < -0.4 is 11.5 Å². The summed E-state index contributed by atoms with van der Waals surface area (Å²) in [6.07, 6.45) is 6.96. The number of rotatable bonds is 15. The number of para-hydroxylation sites is 1. The van der Waals surface area contributed by atoms with Crippen molar-refractivity contribution in [1.82, 2.24) is 14.9 Å². The van der Waals surface area contributed by atoms with Crippen LogP contribution in [0.1, 0.15) is 94.6 Å². The fourth-order valence-corrected chi connectivity index (χ4v) is 9.30. The first-order valence-electron chi connectivity index (χ1n) is 17.7. The molecule has 3 heterocycles. The zero-order valence-electron chi connectivity index (χ0n) is 28.9. The molecule has 1 saturated heterocycles. The molecule has 1 saturated carbocycles. The molecule has 0 spiro atoms. The number of hydrogen-bond acceptors (Lipinski definition) is 9. The number of thiazole rings is 2. The molecule has 270 valence electrons. The van der Waals surface area contributed by atoms with Crippen molar-refractivity contribution in [3.8, 4) is 0 Å². The van der Waals surface area contributed by atoms with Gasteiger partial charge in [0.25, 0.3) is 0 Å². The van der Waals surface area contributed by atoms with Crippen molar-refractivity contribution in [3.05, 3.63) is 79.7 Å². The molecular weight excluding hydrogens is 704 g/mol. The van der Waals surface area contributed by atoms with E-state index in [0.717, 1.165) is 44.2 Å². The summed E-state index contributed by atoms with van der Waals surface area (Å²) in [5.74, 6) is -0.719. The normalized spacial score (nSPS) is 18.6. The van der Waals surface area contributed by atoms with E-state index in [9.17, 15) is 14.4 Å². The summed E-state index contributed by atoms with van der Waals surface area (Å²) in [5, 5.41) is 2.12. The van der Waals surface area contributed by atoms with Gasteiger partial charge >= 0.3 is 0 Å². The first-order valence-corrected chi connectivity index (χ1v) is 19.7. The number of aryl methyl sites for hydroxylation is 1. The largest absolute Gasteiger partial charge is 0.372 e. The highest BCUT2D eigenvalue weighted by Crippen LogP contribution is 2.36. The number of benzene rings is 2. The lowest BCUT2D eigenvalue weighted by Gasteiger charge is -2.25. The van der Waals surface area contributed by atoms with Crippen LogP contribution in [0.25, 0.3) is 10.2 Å². The molecule has 51 heavy (non-hydrogen) atoms. The van der Waals surface area contributed by atoms with Gasteiger partial charge in [-0.25, -0.2) is 9.97 Å². The fraction of sp³-hybridized carbons (Fsp3) is 0.474. The van der Waals surface area contributed by atoms with Crippen molar-refractivity contribution in [2.75, 3.05) is 13.1 Å². The van der Waals surface area contributed by atoms with Crippen LogP contribution >= 0.6 is 34.3 Å². The number of amides is 1. The number of aliphatic imine (C=N–C) groups is 1. The van der Waals surface area contributed by atoms with E-state index >= 15 is 0 Å². The van der Waals surface area contributed by atoms with Crippen molar-refractivity contribution in [2.24, 2.45) is 22.4 Å². The van der Waals surface area contributed by atoms with Gasteiger partial charge in [0.15, 0.2) is 22.5 Å².